The fourth-order valence-corrected chi connectivity index (χ4v) is 3.93. The molecule has 0 radical (unpaired) electrons. The van der Waals surface area contributed by atoms with E-state index in [2.05, 4.69) is 5.32 Å². The highest BCUT2D eigenvalue weighted by Crippen LogP contribution is 2.34. The monoisotopic (exact) mass is 455 g/mol. The minimum absolute atomic E-state index is 0.0709. The molecule has 0 unspecified atom stereocenters. The quantitative estimate of drug-likeness (QED) is 0.243. The summed E-state index contributed by atoms with van der Waals surface area (Å²) in [6.07, 6.45) is 2.29. The van der Waals surface area contributed by atoms with Gasteiger partial charge in [-0.1, -0.05) is 41.9 Å². The Labute approximate surface area is 189 Å². The van der Waals surface area contributed by atoms with Gasteiger partial charge in [-0.05, 0) is 42.9 Å². The molecule has 3 aromatic rings. The van der Waals surface area contributed by atoms with Crippen LogP contribution in [0.1, 0.15) is 36.0 Å². The Bertz CT molecular complexity index is 1200. The van der Waals surface area contributed by atoms with E-state index in [9.17, 15) is 14.4 Å². The van der Waals surface area contributed by atoms with Crippen LogP contribution in [0.4, 0.5) is 4.79 Å². The van der Waals surface area contributed by atoms with Crippen LogP contribution in [-0.4, -0.2) is 18.6 Å². The van der Waals surface area contributed by atoms with Crippen molar-refractivity contribution in [2.75, 3.05) is 6.54 Å². The van der Waals surface area contributed by atoms with Gasteiger partial charge < -0.3 is 19.2 Å². The van der Waals surface area contributed by atoms with E-state index in [1.807, 2.05) is 30.3 Å². The Kier molecular flexibility index (Phi) is 6.75. The second-order valence-electron chi connectivity index (χ2n) is 7.55. The van der Waals surface area contributed by atoms with Crippen LogP contribution >= 0.6 is 11.6 Å². The van der Waals surface area contributed by atoms with Crippen molar-refractivity contribution in [2.45, 2.75) is 38.7 Å². The lowest BCUT2D eigenvalue weighted by Crippen LogP contribution is -2.26. The number of carbonyl (C=O) groups is 2. The average molecular weight is 456 g/mol. The molecule has 0 saturated carbocycles. The third kappa shape index (κ3) is 5.11. The SMILES string of the molecule is O=C(CCCNC(=O)OCc1ccccc1)Oc1cc2oc(=O)c3c(c2cc1Cl)CCC3. The number of nitrogens with one attached hydrogen (secondary N) is 1. The van der Waals surface area contributed by atoms with E-state index in [0.717, 1.165) is 29.4 Å². The van der Waals surface area contributed by atoms with E-state index in [-0.39, 0.29) is 36.0 Å². The van der Waals surface area contributed by atoms with Gasteiger partial charge >= 0.3 is 17.7 Å². The summed E-state index contributed by atoms with van der Waals surface area (Å²) in [4.78, 5) is 36.1. The predicted molar refractivity (Wildman–Crippen MR) is 119 cm³/mol. The Hall–Kier alpha value is -3.32. The second kappa shape index (κ2) is 9.87. The normalized spacial score (nSPS) is 12.4. The molecule has 1 aliphatic carbocycles. The Balaban J connectivity index is 1.27. The first-order chi connectivity index (χ1) is 15.5. The highest BCUT2D eigenvalue weighted by molar-refractivity contribution is 6.33. The van der Waals surface area contributed by atoms with Crippen LogP contribution in [0.5, 0.6) is 5.75 Å². The molecule has 0 aliphatic heterocycles. The highest BCUT2D eigenvalue weighted by atomic mass is 35.5. The number of hydrogen-bond acceptors (Lipinski definition) is 6. The van der Waals surface area contributed by atoms with E-state index >= 15 is 0 Å². The molecule has 0 saturated heterocycles. The van der Waals surface area contributed by atoms with E-state index in [4.69, 9.17) is 25.5 Å². The molecule has 7 nitrogen and oxygen atoms in total. The van der Waals surface area contributed by atoms with Gasteiger partial charge in [0.15, 0.2) is 5.75 Å². The molecule has 0 atom stereocenters. The molecule has 0 spiro atoms. The number of benzene rings is 2. The zero-order valence-corrected chi connectivity index (χ0v) is 18.1. The average Bonchev–Trinajstić information content (AvgIpc) is 3.28. The molecule has 0 fully saturated rings. The van der Waals surface area contributed by atoms with Gasteiger partial charge in [-0.25, -0.2) is 9.59 Å². The first-order valence-electron chi connectivity index (χ1n) is 10.4. The number of hydrogen-bond donors (Lipinski definition) is 1. The topological polar surface area (TPSA) is 94.8 Å². The van der Waals surface area contributed by atoms with E-state index in [1.54, 1.807) is 6.07 Å². The molecule has 1 heterocycles. The lowest BCUT2D eigenvalue weighted by molar-refractivity contribution is -0.134. The van der Waals surface area contributed by atoms with Crippen molar-refractivity contribution in [1.82, 2.24) is 5.32 Å². The lowest BCUT2D eigenvalue weighted by atomic mass is 10.1. The maximum absolute atomic E-state index is 12.2. The first-order valence-corrected chi connectivity index (χ1v) is 10.8. The maximum atomic E-state index is 12.2. The van der Waals surface area contributed by atoms with Crippen molar-refractivity contribution < 1.29 is 23.5 Å². The van der Waals surface area contributed by atoms with Gasteiger partial charge in [0.2, 0.25) is 0 Å². The molecule has 1 N–H and O–H groups in total. The van der Waals surface area contributed by atoms with Gasteiger partial charge in [0.25, 0.3) is 0 Å². The smallest absolute Gasteiger partial charge is 0.407 e. The Morgan fingerprint density at radius 2 is 1.88 bits per heavy atom. The molecule has 1 aliphatic rings. The summed E-state index contributed by atoms with van der Waals surface area (Å²) in [5.41, 5.74) is 2.55. The summed E-state index contributed by atoms with van der Waals surface area (Å²) < 4.78 is 15.9. The van der Waals surface area contributed by atoms with Gasteiger partial charge in [0.1, 0.15) is 12.2 Å². The van der Waals surface area contributed by atoms with Crippen molar-refractivity contribution >= 4 is 34.6 Å². The third-order valence-corrected chi connectivity index (χ3v) is 5.59. The summed E-state index contributed by atoms with van der Waals surface area (Å²) in [5.74, 6) is -0.366. The predicted octanol–water partition coefficient (Wildman–Crippen LogP) is 4.55. The van der Waals surface area contributed by atoms with Crippen LogP contribution in [-0.2, 0) is 29.0 Å². The summed E-state index contributed by atoms with van der Waals surface area (Å²) in [7, 11) is 0. The van der Waals surface area contributed by atoms with Gasteiger partial charge in [-0.2, -0.15) is 0 Å². The van der Waals surface area contributed by atoms with Gasteiger partial charge in [0.05, 0.1) is 5.02 Å². The van der Waals surface area contributed by atoms with Gasteiger partial charge in [0, 0.05) is 30.0 Å². The molecule has 1 aromatic heterocycles. The zero-order valence-electron chi connectivity index (χ0n) is 17.3. The van der Waals surface area contributed by atoms with Gasteiger partial charge in [-0.3, -0.25) is 4.79 Å². The fourth-order valence-electron chi connectivity index (χ4n) is 3.73. The van der Waals surface area contributed by atoms with Crippen molar-refractivity contribution in [2.24, 2.45) is 0 Å². The van der Waals surface area contributed by atoms with Crippen molar-refractivity contribution in [3.8, 4) is 5.75 Å². The molecular weight excluding hydrogens is 434 g/mol. The minimum atomic E-state index is -0.553. The van der Waals surface area contributed by atoms with Crippen LogP contribution in [0.15, 0.2) is 51.7 Å². The first kappa shape index (κ1) is 21.9. The minimum Gasteiger partial charge on any atom is -0.445 e. The molecule has 32 heavy (non-hydrogen) atoms. The van der Waals surface area contributed by atoms with Crippen molar-refractivity contribution in [1.29, 1.82) is 0 Å². The van der Waals surface area contributed by atoms with Crippen molar-refractivity contribution in [3.63, 3.8) is 0 Å². The highest BCUT2D eigenvalue weighted by Gasteiger charge is 2.21. The molecule has 4 rings (SSSR count). The summed E-state index contributed by atoms with van der Waals surface area (Å²) in [6, 6.07) is 12.5. The molecule has 2 aromatic carbocycles. The van der Waals surface area contributed by atoms with Crippen LogP contribution < -0.4 is 15.7 Å². The Morgan fingerprint density at radius 1 is 1.09 bits per heavy atom. The molecule has 1 amide bonds. The third-order valence-electron chi connectivity index (χ3n) is 5.29. The van der Waals surface area contributed by atoms with Crippen LogP contribution in [0, 0.1) is 0 Å². The summed E-state index contributed by atoms with van der Waals surface area (Å²) in [5, 5.41) is 3.65. The van der Waals surface area contributed by atoms with Crippen LogP contribution in [0.3, 0.4) is 0 Å². The maximum Gasteiger partial charge on any atom is 0.407 e. The number of carbonyl (C=O) groups excluding carboxylic acids is 2. The summed E-state index contributed by atoms with van der Waals surface area (Å²) >= 11 is 6.31. The number of halogens is 1. The number of fused-ring (bicyclic) bond motifs is 3. The molecular formula is C24H22ClNO6. The number of rotatable bonds is 7. The largest absolute Gasteiger partial charge is 0.445 e. The standard InChI is InChI=1S/C24H22ClNO6/c25-19-12-18-16-8-4-9-17(16)23(28)32-20(18)13-21(19)31-22(27)10-5-11-26-24(29)30-14-15-6-2-1-3-7-15/h1-3,6-7,12-13H,4-5,8-11,14H2,(H,26,29). The number of alkyl carbamates (subject to hydrolysis) is 1. The number of esters is 1. The zero-order chi connectivity index (χ0) is 22.5. The number of aryl methyl sites for hydroxylation is 1. The number of ether oxygens (including phenoxy) is 2. The number of amides is 1. The Morgan fingerprint density at radius 3 is 2.69 bits per heavy atom. The van der Waals surface area contributed by atoms with Crippen LogP contribution in [0.2, 0.25) is 5.02 Å². The molecule has 166 valence electrons. The lowest BCUT2D eigenvalue weighted by Gasteiger charge is -2.10. The fraction of sp³-hybridized carbons (Fsp3) is 0.292. The molecule has 8 heteroatoms. The van der Waals surface area contributed by atoms with Crippen LogP contribution in [0.25, 0.3) is 11.0 Å². The van der Waals surface area contributed by atoms with E-state index in [0.29, 0.717) is 24.0 Å². The second-order valence-corrected chi connectivity index (χ2v) is 7.95. The summed E-state index contributed by atoms with van der Waals surface area (Å²) in [6.45, 7) is 0.434. The van der Waals surface area contributed by atoms with Gasteiger partial charge in [-0.15, -0.1) is 0 Å². The van der Waals surface area contributed by atoms with E-state index in [1.165, 1.54) is 6.07 Å². The van der Waals surface area contributed by atoms with E-state index < -0.39 is 12.1 Å². The van der Waals surface area contributed by atoms with Crippen molar-refractivity contribution in [3.05, 3.63) is 74.6 Å². The molecule has 0 bridgehead atoms.